The summed E-state index contributed by atoms with van der Waals surface area (Å²) in [5.74, 6) is -1.44. The highest BCUT2D eigenvalue weighted by Crippen LogP contribution is 2.34. The molecule has 2 rings (SSSR count). The molecule has 128 valence electrons. The third kappa shape index (κ3) is 4.64. The number of carbonyl (C=O) groups is 1. The highest BCUT2D eigenvalue weighted by molar-refractivity contribution is 5.68. The molecule has 1 aliphatic heterocycles. The minimum Gasteiger partial charge on any atom is -0.444 e. The van der Waals surface area contributed by atoms with Crippen LogP contribution in [0.25, 0.3) is 0 Å². The molecule has 0 spiro atoms. The zero-order chi connectivity index (χ0) is 17.3. The van der Waals surface area contributed by atoms with Crippen LogP contribution in [-0.2, 0) is 10.3 Å². The van der Waals surface area contributed by atoms with Crippen LogP contribution in [0.3, 0.4) is 0 Å². The third-order valence-electron chi connectivity index (χ3n) is 3.87. The fourth-order valence-corrected chi connectivity index (χ4v) is 2.74. The van der Waals surface area contributed by atoms with Gasteiger partial charge in [0.25, 0.3) is 0 Å². The second-order valence-corrected chi connectivity index (χ2v) is 7.01. The molecule has 1 N–H and O–H groups in total. The van der Waals surface area contributed by atoms with E-state index in [2.05, 4.69) is 0 Å². The Hall–Kier alpha value is -1.69. The zero-order valence-electron chi connectivity index (χ0n) is 13.7. The van der Waals surface area contributed by atoms with Crippen molar-refractivity contribution in [3.63, 3.8) is 0 Å². The first-order valence-electron chi connectivity index (χ1n) is 7.76. The Morgan fingerprint density at radius 3 is 2.35 bits per heavy atom. The number of amides is 1. The van der Waals surface area contributed by atoms with Crippen LogP contribution in [0.5, 0.6) is 0 Å². The van der Waals surface area contributed by atoms with Gasteiger partial charge in [0.2, 0.25) is 0 Å². The third-order valence-corrected chi connectivity index (χ3v) is 3.87. The maximum Gasteiger partial charge on any atom is 0.410 e. The number of benzene rings is 1. The molecule has 0 bridgehead atoms. The number of hydrogen-bond acceptors (Lipinski definition) is 3. The molecular formula is C17H23F2NO3. The smallest absolute Gasteiger partial charge is 0.410 e. The summed E-state index contributed by atoms with van der Waals surface area (Å²) in [4.78, 5) is 13.7. The second kappa shape index (κ2) is 6.43. The number of halogens is 2. The normalized spacial score (nSPS) is 22.6. The van der Waals surface area contributed by atoms with Crippen LogP contribution in [0.15, 0.2) is 18.2 Å². The maximum atomic E-state index is 13.4. The second-order valence-electron chi connectivity index (χ2n) is 7.01. The molecule has 0 aliphatic carbocycles. The lowest BCUT2D eigenvalue weighted by Crippen LogP contribution is -2.38. The van der Waals surface area contributed by atoms with Gasteiger partial charge in [0.05, 0.1) is 5.60 Å². The van der Waals surface area contributed by atoms with Gasteiger partial charge in [-0.05, 0) is 57.7 Å². The molecule has 1 saturated heterocycles. The van der Waals surface area contributed by atoms with Gasteiger partial charge in [-0.25, -0.2) is 13.6 Å². The van der Waals surface area contributed by atoms with E-state index in [9.17, 15) is 18.7 Å². The van der Waals surface area contributed by atoms with Crippen molar-refractivity contribution in [2.75, 3.05) is 13.1 Å². The molecule has 0 radical (unpaired) electrons. The van der Waals surface area contributed by atoms with E-state index in [4.69, 9.17) is 4.74 Å². The van der Waals surface area contributed by atoms with Gasteiger partial charge in [0.15, 0.2) is 0 Å². The molecule has 1 amide bonds. The molecule has 0 aromatic heterocycles. The highest BCUT2D eigenvalue weighted by atomic mass is 19.1. The average molecular weight is 327 g/mol. The van der Waals surface area contributed by atoms with Crippen molar-refractivity contribution < 1.29 is 23.4 Å². The Morgan fingerprint density at radius 2 is 1.78 bits per heavy atom. The minimum absolute atomic E-state index is 0.204. The standard InChI is InChI=1S/C17H23F2NO3/c1-16(2,3)23-15(21)20-7-4-5-17(22,6-8-20)12-9-13(18)11-14(19)10-12/h9-11,22H,4-8H2,1-3H3. The van der Waals surface area contributed by atoms with Crippen molar-refractivity contribution in [2.24, 2.45) is 0 Å². The van der Waals surface area contributed by atoms with Crippen molar-refractivity contribution in [3.05, 3.63) is 35.4 Å². The van der Waals surface area contributed by atoms with Crippen molar-refractivity contribution in [1.82, 2.24) is 4.90 Å². The molecule has 1 aromatic carbocycles. The summed E-state index contributed by atoms with van der Waals surface area (Å²) in [5.41, 5.74) is -1.73. The quantitative estimate of drug-likeness (QED) is 0.858. The van der Waals surface area contributed by atoms with E-state index in [0.717, 1.165) is 18.2 Å². The fourth-order valence-electron chi connectivity index (χ4n) is 2.74. The first kappa shape index (κ1) is 17.7. The number of carbonyl (C=O) groups excluding carboxylic acids is 1. The van der Waals surface area contributed by atoms with E-state index in [1.54, 1.807) is 20.8 Å². The molecule has 1 aliphatic rings. The van der Waals surface area contributed by atoms with Crippen LogP contribution in [0.1, 0.15) is 45.6 Å². The van der Waals surface area contributed by atoms with Crippen molar-refractivity contribution in [1.29, 1.82) is 0 Å². The van der Waals surface area contributed by atoms with Crippen LogP contribution in [0, 0.1) is 11.6 Å². The van der Waals surface area contributed by atoms with E-state index in [1.165, 1.54) is 4.90 Å². The van der Waals surface area contributed by atoms with Gasteiger partial charge < -0.3 is 14.7 Å². The molecule has 4 nitrogen and oxygen atoms in total. The van der Waals surface area contributed by atoms with Crippen molar-refractivity contribution >= 4 is 6.09 Å². The van der Waals surface area contributed by atoms with E-state index < -0.39 is 28.9 Å². The predicted molar refractivity (Wildman–Crippen MR) is 81.9 cm³/mol. The summed E-state index contributed by atoms with van der Waals surface area (Å²) in [6, 6.07) is 3.06. The zero-order valence-corrected chi connectivity index (χ0v) is 13.7. The van der Waals surface area contributed by atoms with Crippen LogP contribution >= 0.6 is 0 Å². The van der Waals surface area contributed by atoms with Gasteiger partial charge in [-0.3, -0.25) is 0 Å². The molecule has 1 fully saturated rings. The van der Waals surface area contributed by atoms with E-state index in [0.29, 0.717) is 19.4 Å². The Balaban J connectivity index is 2.12. The van der Waals surface area contributed by atoms with Gasteiger partial charge in [-0.15, -0.1) is 0 Å². The Morgan fingerprint density at radius 1 is 1.17 bits per heavy atom. The first-order chi connectivity index (χ1) is 10.6. The summed E-state index contributed by atoms with van der Waals surface area (Å²) in [5, 5.41) is 10.8. The summed E-state index contributed by atoms with van der Waals surface area (Å²) < 4.78 is 32.1. The van der Waals surface area contributed by atoms with Gasteiger partial charge in [0, 0.05) is 19.2 Å². The summed E-state index contributed by atoms with van der Waals surface area (Å²) >= 11 is 0. The lowest BCUT2D eigenvalue weighted by molar-refractivity contribution is 0.0125. The van der Waals surface area contributed by atoms with Crippen LogP contribution < -0.4 is 0 Å². The van der Waals surface area contributed by atoms with Crippen LogP contribution in [0.2, 0.25) is 0 Å². The Labute approximate surface area is 135 Å². The van der Waals surface area contributed by atoms with Gasteiger partial charge >= 0.3 is 6.09 Å². The summed E-state index contributed by atoms with van der Waals surface area (Å²) in [6.45, 7) is 6.07. The topological polar surface area (TPSA) is 49.8 Å². The lowest BCUT2D eigenvalue weighted by atomic mass is 9.87. The molecule has 0 saturated carbocycles. The number of nitrogens with zero attached hydrogens (tertiary/aromatic N) is 1. The molecule has 1 heterocycles. The number of rotatable bonds is 1. The first-order valence-corrected chi connectivity index (χ1v) is 7.76. The highest BCUT2D eigenvalue weighted by Gasteiger charge is 2.35. The number of aliphatic hydroxyl groups is 1. The van der Waals surface area contributed by atoms with E-state index in [1.807, 2.05) is 0 Å². The molecule has 1 aromatic rings. The average Bonchev–Trinajstić information content (AvgIpc) is 2.59. The van der Waals surface area contributed by atoms with Crippen molar-refractivity contribution in [2.45, 2.75) is 51.2 Å². The van der Waals surface area contributed by atoms with Crippen LogP contribution in [-0.4, -0.2) is 34.8 Å². The van der Waals surface area contributed by atoms with Crippen molar-refractivity contribution in [3.8, 4) is 0 Å². The summed E-state index contributed by atoms with van der Waals surface area (Å²) in [6.07, 6.45) is 0.616. The Bertz CT molecular complexity index is 565. The number of ether oxygens (including phenoxy) is 1. The largest absolute Gasteiger partial charge is 0.444 e. The SMILES string of the molecule is CC(C)(C)OC(=O)N1CCCC(O)(c2cc(F)cc(F)c2)CC1. The summed E-state index contributed by atoms with van der Waals surface area (Å²) in [7, 11) is 0. The van der Waals surface area contributed by atoms with Gasteiger partial charge in [0.1, 0.15) is 17.2 Å². The number of hydrogen-bond donors (Lipinski definition) is 1. The molecule has 1 atom stereocenters. The van der Waals surface area contributed by atoms with E-state index in [-0.39, 0.29) is 18.5 Å². The monoisotopic (exact) mass is 327 g/mol. The molecule has 6 heteroatoms. The fraction of sp³-hybridized carbons (Fsp3) is 0.588. The number of likely N-dealkylation sites (tertiary alicyclic amines) is 1. The van der Waals surface area contributed by atoms with Gasteiger partial charge in [-0.1, -0.05) is 0 Å². The predicted octanol–water partition coefficient (Wildman–Crippen LogP) is 3.57. The molecule has 1 unspecified atom stereocenters. The Kier molecular flexibility index (Phi) is 4.94. The molecular weight excluding hydrogens is 304 g/mol. The van der Waals surface area contributed by atoms with Crippen LogP contribution in [0.4, 0.5) is 13.6 Å². The van der Waals surface area contributed by atoms with Gasteiger partial charge in [-0.2, -0.15) is 0 Å². The lowest BCUT2D eigenvalue weighted by Gasteiger charge is -2.28. The molecule has 23 heavy (non-hydrogen) atoms. The maximum absolute atomic E-state index is 13.4. The minimum atomic E-state index is -1.35. The van der Waals surface area contributed by atoms with E-state index >= 15 is 0 Å².